The highest BCUT2D eigenvalue weighted by atomic mass is 16.5. The van der Waals surface area contributed by atoms with Crippen molar-refractivity contribution in [3.05, 3.63) is 65.6 Å². The van der Waals surface area contributed by atoms with Crippen molar-refractivity contribution in [3.8, 4) is 0 Å². The molecule has 0 bridgehead atoms. The molecule has 2 N–H and O–H groups in total. The molecule has 3 amide bonds. The van der Waals surface area contributed by atoms with Crippen LogP contribution in [0, 0.1) is 5.92 Å². The molecule has 4 aliphatic rings. The Kier molecular flexibility index (Phi) is 13.3. The van der Waals surface area contributed by atoms with Crippen molar-refractivity contribution >= 4 is 69.2 Å². The molecule has 1 saturated carbocycles. The highest BCUT2D eigenvalue weighted by Crippen LogP contribution is 2.34. The van der Waals surface area contributed by atoms with Crippen LogP contribution in [0.5, 0.6) is 0 Å². The van der Waals surface area contributed by atoms with E-state index in [2.05, 4.69) is 38.9 Å². The first kappa shape index (κ1) is 43.6. The Labute approximate surface area is 367 Å². The molecule has 1 aromatic carbocycles. The molecule has 1 atom stereocenters. The first-order chi connectivity index (χ1) is 30.5. The minimum Gasteiger partial charge on any atom is -0.384 e. The number of piperidine rings is 2. The van der Waals surface area contributed by atoms with Gasteiger partial charge < -0.3 is 29.7 Å². The number of unbranched alkanes of at least 4 members (excludes halogenated alkanes) is 2. The van der Waals surface area contributed by atoms with Crippen molar-refractivity contribution in [1.82, 2.24) is 29.3 Å². The molecular formula is C47H57N9O7. The number of carbonyl (C=O) groups is 6. The van der Waals surface area contributed by atoms with Gasteiger partial charge in [-0.1, -0.05) is 12.5 Å². The highest BCUT2D eigenvalue weighted by molar-refractivity contribution is 6.25. The molecule has 16 heteroatoms. The molecule has 16 nitrogen and oxygen atoms in total. The molecule has 3 aromatic heterocycles. The van der Waals surface area contributed by atoms with E-state index in [0.717, 1.165) is 73.8 Å². The maximum absolute atomic E-state index is 13.9. The number of ether oxygens (including phenoxy) is 1. The van der Waals surface area contributed by atoms with E-state index in [-0.39, 0.29) is 65.9 Å². The Morgan fingerprint density at radius 1 is 0.905 bits per heavy atom. The Balaban J connectivity index is 0.782. The fourth-order valence-electron chi connectivity index (χ4n) is 9.44. The van der Waals surface area contributed by atoms with Crippen LogP contribution in [-0.2, 0) is 19.1 Å². The summed E-state index contributed by atoms with van der Waals surface area (Å²) in [6, 6.07) is 8.07. The third kappa shape index (κ3) is 9.50. The zero-order chi connectivity index (χ0) is 44.2. The van der Waals surface area contributed by atoms with Gasteiger partial charge >= 0.3 is 0 Å². The average molecular weight is 860 g/mol. The number of amides is 3. The Morgan fingerprint density at radius 3 is 2.44 bits per heavy atom. The van der Waals surface area contributed by atoms with Crippen LogP contribution >= 0.6 is 0 Å². The molecule has 4 aromatic rings. The molecular weight excluding hydrogens is 803 g/mol. The van der Waals surface area contributed by atoms with E-state index in [9.17, 15) is 28.8 Å². The van der Waals surface area contributed by atoms with Gasteiger partial charge in [-0.15, -0.1) is 0 Å². The monoisotopic (exact) mass is 859 g/mol. The molecule has 332 valence electrons. The van der Waals surface area contributed by atoms with Gasteiger partial charge in [0.25, 0.3) is 11.8 Å². The number of pyridine rings is 1. The first-order valence-corrected chi connectivity index (χ1v) is 22.5. The molecule has 3 aliphatic heterocycles. The van der Waals surface area contributed by atoms with Gasteiger partial charge in [-0.25, -0.2) is 9.97 Å². The molecule has 1 unspecified atom stereocenters. The second-order valence-electron chi connectivity index (χ2n) is 17.6. The zero-order valence-corrected chi connectivity index (χ0v) is 36.4. The summed E-state index contributed by atoms with van der Waals surface area (Å²) in [5.41, 5.74) is 2.65. The normalized spacial score (nSPS) is 18.8. The summed E-state index contributed by atoms with van der Waals surface area (Å²) in [5, 5.41) is 7.45. The van der Waals surface area contributed by atoms with Crippen molar-refractivity contribution in [2.45, 2.75) is 109 Å². The van der Waals surface area contributed by atoms with Crippen LogP contribution in [0.2, 0.25) is 0 Å². The van der Waals surface area contributed by atoms with Crippen molar-refractivity contribution < 1.29 is 33.5 Å². The van der Waals surface area contributed by atoms with Gasteiger partial charge in [0.05, 0.1) is 35.2 Å². The topological polar surface area (TPSA) is 189 Å². The molecule has 1 aliphatic carbocycles. The maximum atomic E-state index is 13.9. The summed E-state index contributed by atoms with van der Waals surface area (Å²) in [6.07, 6.45) is 12.4. The second kappa shape index (κ2) is 19.2. The fourth-order valence-corrected chi connectivity index (χ4v) is 9.44. The number of rotatable bonds is 16. The predicted octanol–water partition coefficient (Wildman–Crippen LogP) is 6.54. The molecule has 3 fully saturated rings. The van der Waals surface area contributed by atoms with E-state index in [1.54, 1.807) is 37.7 Å². The van der Waals surface area contributed by atoms with E-state index in [0.29, 0.717) is 61.3 Å². The maximum Gasteiger partial charge on any atom is 0.264 e. The summed E-state index contributed by atoms with van der Waals surface area (Å²) in [7, 11) is 1.75. The number of carbonyl (C=O) groups excluding carboxylic acids is 6. The molecule has 63 heavy (non-hydrogen) atoms. The van der Waals surface area contributed by atoms with Gasteiger partial charge in [-0.2, -0.15) is 4.98 Å². The zero-order valence-electron chi connectivity index (χ0n) is 36.4. The number of benzene rings is 1. The number of likely N-dealkylation sites (tertiary alicyclic amines) is 1. The minimum atomic E-state index is -0.906. The Bertz CT molecular complexity index is 2400. The minimum absolute atomic E-state index is 0.0868. The average Bonchev–Trinajstić information content (AvgIpc) is 3.79. The summed E-state index contributed by atoms with van der Waals surface area (Å²) in [6.45, 7) is 7.67. The molecule has 2 saturated heterocycles. The number of imide groups is 1. The number of hydrogen-bond donors (Lipinski definition) is 2. The third-order valence-corrected chi connectivity index (χ3v) is 13.1. The van der Waals surface area contributed by atoms with E-state index >= 15 is 0 Å². The van der Waals surface area contributed by atoms with Gasteiger partial charge in [-0.05, 0) is 82.9 Å². The van der Waals surface area contributed by atoms with Gasteiger partial charge in [0, 0.05) is 106 Å². The number of nitrogens with zero attached hydrogens (tertiary/aromatic N) is 7. The lowest BCUT2D eigenvalue weighted by Gasteiger charge is -2.32. The molecule has 6 heterocycles. The van der Waals surface area contributed by atoms with Crippen LogP contribution in [-0.4, -0.2) is 116 Å². The molecule has 0 spiro atoms. The first-order valence-electron chi connectivity index (χ1n) is 22.5. The van der Waals surface area contributed by atoms with Crippen molar-refractivity contribution in [2.24, 2.45) is 5.92 Å². The van der Waals surface area contributed by atoms with E-state index in [4.69, 9.17) is 14.7 Å². The number of aromatic nitrogens is 4. The van der Waals surface area contributed by atoms with Crippen LogP contribution < -0.4 is 15.5 Å². The Morgan fingerprint density at radius 2 is 1.70 bits per heavy atom. The van der Waals surface area contributed by atoms with Crippen molar-refractivity contribution in [3.63, 3.8) is 0 Å². The molecule has 0 radical (unpaired) electrons. The SMILES string of the molecule is COC1CCN(c2nccc(Nc3cc4c(cn3)c(C(=O)CC3CCN(C(=O)CCCCCNc5cccc6c5C(=O)N(C5CCC(=O)CC5=O)C6=O)CC3)cn4C(C)C)n2)CC1. The fraction of sp³-hybridized carbons (Fsp3) is 0.511. The number of nitrogens with one attached hydrogen (secondary N) is 2. The lowest BCUT2D eigenvalue weighted by Crippen LogP contribution is -2.47. The lowest BCUT2D eigenvalue weighted by atomic mass is 9.89. The van der Waals surface area contributed by atoms with Crippen LogP contribution in [0.15, 0.2) is 48.9 Å². The number of fused-ring (bicyclic) bond motifs is 2. The van der Waals surface area contributed by atoms with Gasteiger partial charge in [0.15, 0.2) is 11.6 Å². The number of hydrogen-bond acceptors (Lipinski definition) is 13. The van der Waals surface area contributed by atoms with Gasteiger partial charge in [-0.3, -0.25) is 33.7 Å². The van der Waals surface area contributed by atoms with Crippen molar-refractivity contribution in [1.29, 1.82) is 0 Å². The van der Waals surface area contributed by atoms with Crippen LogP contribution in [0.1, 0.15) is 128 Å². The van der Waals surface area contributed by atoms with E-state index in [1.807, 2.05) is 23.2 Å². The highest BCUT2D eigenvalue weighted by Gasteiger charge is 2.45. The van der Waals surface area contributed by atoms with Gasteiger partial charge in [0.1, 0.15) is 17.4 Å². The van der Waals surface area contributed by atoms with Crippen LogP contribution in [0.25, 0.3) is 10.9 Å². The number of ketones is 3. The van der Waals surface area contributed by atoms with Crippen LogP contribution in [0.3, 0.4) is 0 Å². The summed E-state index contributed by atoms with van der Waals surface area (Å²) in [4.78, 5) is 96.9. The quantitative estimate of drug-likeness (QED) is 0.0536. The number of methoxy groups -OCH3 is 1. The smallest absolute Gasteiger partial charge is 0.264 e. The van der Waals surface area contributed by atoms with Crippen molar-refractivity contribution in [2.75, 3.05) is 55.4 Å². The number of anilines is 4. The number of Topliss-reactive ketones (excluding diaryl/α,β-unsaturated/α-hetero) is 3. The van der Waals surface area contributed by atoms with Crippen LogP contribution in [0.4, 0.5) is 23.3 Å². The standard InChI is InChI=1S/C47H57N9O7/c1-29(2)55-28-35(34-27-50-42(26-38(34)55)51-41-13-19-49-47(52-41)54-22-16-32(63-3)17-23-54)39(58)24-30-14-20-53(21-15-30)43(60)10-5-4-6-18-48-36-9-7-8-33-44(36)46(62)56(45(33)61)37-12-11-31(57)25-40(37)59/h7-9,13,19,26-30,32,37,48H,4-6,10-12,14-18,20-25H2,1-3H3,(H,49,50,51,52). The van der Waals surface area contributed by atoms with Gasteiger partial charge in [0.2, 0.25) is 11.9 Å². The third-order valence-electron chi connectivity index (χ3n) is 13.1. The molecule has 8 rings (SSSR count). The van der Waals surface area contributed by atoms with E-state index < -0.39 is 23.6 Å². The summed E-state index contributed by atoms with van der Waals surface area (Å²) < 4.78 is 7.63. The lowest BCUT2D eigenvalue weighted by molar-refractivity contribution is -0.133. The summed E-state index contributed by atoms with van der Waals surface area (Å²) >= 11 is 0. The predicted molar refractivity (Wildman–Crippen MR) is 237 cm³/mol. The Hall–Kier alpha value is -6.03. The second-order valence-corrected chi connectivity index (χ2v) is 17.6. The summed E-state index contributed by atoms with van der Waals surface area (Å²) in [5.74, 6) is 0.781. The largest absolute Gasteiger partial charge is 0.384 e. The van der Waals surface area contributed by atoms with E-state index in [1.165, 1.54) is 0 Å².